The quantitative estimate of drug-likeness (QED) is 0.0920. The zero-order valence-corrected chi connectivity index (χ0v) is 30.7. The van der Waals surface area contributed by atoms with Crippen LogP contribution in [0.2, 0.25) is 0 Å². The van der Waals surface area contributed by atoms with Crippen LogP contribution in [0.1, 0.15) is 27.7 Å². The fourth-order valence-electron chi connectivity index (χ4n) is 7.23. The van der Waals surface area contributed by atoms with Crippen LogP contribution in [0.15, 0.2) is 0 Å². The van der Waals surface area contributed by atoms with Crippen molar-refractivity contribution in [2.75, 3.05) is 13.2 Å². The maximum Gasteiger partial charge on any atom is 0.217 e. The molecule has 5 aliphatic rings. The van der Waals surface area contributed by atoms with Gasteiger partial charge in [0, 0.05) is 6.92 Å². The molecule has 5 fully saturated rings. The molecular weight excluding hydrogens is 766 g/mol. The molecule has 0 aromatic rings. The minimum Gasteiger partial charge on any atom is -0.394 e. The van der Waals surface area contributed by atoms with Gasteiger partial charge in [0.1, 0.15) is 104 Å². The van der Waals surface area contributed by atoms with E-state index in [1.165, 1.54) is 20.8 Å². The Morgan fingerprint density at radius 1 is 0.464 bits per heavy atom. The van der Waals surface area contributed by atoms with Crippen LogP contribution in [0, 0.1) is 0 Å². The van der Waals surface area contributed by atoms with Gasteiger partial charge in [-0.2, -0.15) is 0 Å². The molecule has 11 unspecified atom stereocenters. The molecule has 0 bridgehead atoms. The first-order chi connectivity index (χ1) is 26.3. The lowest BCUT2D eigenvalue weighted by Gasteiger charge is -2.50. The van der Waals surface area contributed by atoms with Crippen LogP contribution in [0.5, 0.6) is 0 Å². The van der Waals surface area contributed by atoms with Crippen molar-refractivity contribution in [2.45, 2.75) is 181 Å². The number of aliphatic hydroxyl groups is 13. The van der Waals surface area contributed by atoms with Gasteiger partial charge in [0.25, 0.3) is 0 Å². The third kappa shape index (κ3) is 9.31. The second-order valence-corrected chi connectivity index (χ2v) is 14.6. The fourth-order valence-corrected chi connectivity index (χ4v) is 7.23. The first-order valence-corrected chi connectivity index (χ1v) is 18.2. The van der Waals surface area contributed by atoms with E-state index < -0.39 is 173 Å². The van der Waals surface area contributed by atoms with Gasteiger partial charge >= 0.3 is 0 Å². The lowest BCUT2D eigenvalue weighted by atomic mass is 9.94. The highest BCUT2D eigenvalue weighted by Crippen LogP contribution is 2.36. The van der Waals surface area contributed by atoms with Gasteiger partial charge in [-0.3, -0.25) is 4.79 Å². The Morgan fingerprint density at radius 2 is 0.893 bits per heavy atom. The predicted molar refractivity (Wildman–Crippen MR) is 174 cm³/mol. The Bertz CT molecular complexity index is 1270. The summed E-state index contributed by atoms with van der Waals surface area (Å²) in [6, 6.07) is -1.61. The molecule has 1 amide bonds. The number of carbonyl (C=O) groups excluding carboxylic acids is 1. The minimum atomic E-state index is -1.95. The Labute approximate surface area is 319 Å². The summed E-state index contributed by atoms with van der Waals surface area (Å²) >= 11 is 0. The van der Waals surface area contributed by atoms with Crippen molar-refractivity contribution < 1.29 is 114 Å². The van der Waals surface area contributed by atoms with E-state index >= 15 is 0 Å². The van der Waals surface area contributed by atoms with Crippen LogP contribution in [0.4, 0.5) is 0 Å². The average Bonchev–Trinajstić information content (AvgIpc) is 3.15. The molecule has 5 aliphatic heterocycles. The van der Waals surface area contributed by atoms with E-state index in [9.17, 15) is 71.2 Å². The van der Waals surface area contributed by atoms with Gasteiger partial charge in [-0.15, -0.1) is 0 Å². The normalized spacial score (nSPS) is 53.1. The Morgan fingerprint density at radius 3 is 1.48 bits per heavy atom. The molecule has 326 valence electrons. The maximum atomic E-state index is 12.6. The Balaban J connectivity index is 1.40. The maximum absolute atomic E-state index is 12.6. The molecule has 5 rings (SSSR count). The zero-order chi connectivity index (χ0) is 41.5. The van der Waals surface area contributed by atoms with Crippen molar-refractivity contribution in [2.24, 2.45) is 0 Å². The molecule has 5 heterocycles. The molecule has 24 nitrogen and oxygen atoms in total. The number of hydrogen-bond donors (Lipinski definition) is 14. The van der Waals surface area contributed by atoms with Crippen LogP contribution in [-0.2, 0) is 47.4 Å². The van der Waals surface area contributed by atoms with E-state index in [1.807, 2.05) is 0 Å². The van der Waals surface area contributed by atoms with Crippen molar-refractivity contribution in [3.8, 4) is 0 Å². The number of carbonyl (C=O) groups is 1. The van der Waals surface area contributed by atoms with E-state index in [0.29, 0.717) is 0 Å². The van der Waals surface area contributed by atoms with Crippen LogP contribution in [0.25, 0.3) is 0 Å². The molecule has 0 radical (unpaired) electrons. The first-order valence-electron chi connectivity index (χ1n) is 18.2. The summed E-state index contributed by atoms with van der Waals surface area (Å²) in [4.78, 5) is 12.6. The third-order valence-electron chi connectivity index (χ3n) is 10.6. The van der Waals surface area contributed by atoms with E-state index in [4.69, 9.17) is 42.6 Å². The molecule has 0 saturated carbocycles. The average molecular weight is 822 g/mol. The van der Waals surface area contributed by atoms with Gasteiger partial charge in [0.05, 0.1) is 31.5 Å². The minimum absolute atomic E-state index is 0.757. The van der Waals surface area contributed by atoms with Crippen molar-refractivity contribution in [3.63, 3.8) is 0 Å². The third-order valence-corrected chi connectivity index (χ3v) is 10.6. The highest BCUT2D eigenvalue weighted by molar-refractivity contribution is 5.73. The largest absolute Gasteiger partial charge is 0.394 e. The van der Waals surface area contributed by atoms with Crippen LogP contribution in [0.3, 0.4) is 0 Å². The Hall–Kier alpha value is -1.41. The molecular formula is C32H55NO23. The smallest absolute Gasteiger partial charge is 0.217 e. The molecule has 0 aromatic carbocycles. The summed E-state index contributed by atoms with van der Waals surface area (Å²) in [6.45, 7) is 3.46. The topological polar surface area (TPSA) is 375 Å². The lowest BCUT2D eigenvalue weighted by molar-refractivity contribution is -0.388. The second-order valence-electron chi connectivity index (χ2n) is 14.6. The summed E-state index contributed by atoms with van der Waals surface area (Å²) in [7, 11) is 0. The number of ether oxygens (including phenoxy) is 9. The van der Waals surface area contributed by atoms with Gasteiger partial charge in [0.15, 0.2) is 31.5 Å². The monoisotopic (exact) mass is 821 g/mol. The zero-order valence-electron chi connectivity index (χ0n) is 30.7. The van der Waals surface area contributed by atoms with Crippen LogP contribution < -0.4 is 5.32 Å². The summed E-state index contributed by atoms with van der Waals surface area (Å²) in [5.41, 5.74) is 0. The number of nitrogens with one attached hydrogen (secondary N) is 1. The Kier molecular flexibility index (Phi) is 15.4. The molecule has 5 saturated heterocycles. The molecule has 25 atom stereocenters. The van der Waals surface area contributed by atoms with Gasteiger partial charge in [-0.25, -0.2) is 0 Å². The molecule has 24 heteroatoms. The van der Waals surface area contributed by atoms with E-state index in [0.717, 1.165) is 6.92 Å². The standard InChI is InChI=1S/C32H55NO23/c1-7-14(37)19(42)21(44)30(49-7)54-25-15(38)9(3)50-32(23(25)46)53-24-13(33-10(4)36)29(51-12(6-35)18(24)41)56-27-26(16(39)8(2)48-28(27)47)55-31-22(45)20(43)17(40)11(5-34)52-31/h7-9,11-32,34-35,37-47H,5-6H2,1-4H3,(H,33,36)/t7?,8?,9?,11?,12?,13?,14-,15-,16-,17+,18+,19?,20?,21-,22?,23-,24+,25?,26?,27-,28+,29-,30-,31+,32-/m0/s1. The van der Waals surface area contributed by atoms with E-state index in [2.05, 4.69) is 5.32 Å². The van der Waals surface area contributed by atoms with Crippen molar-refractivity contribution in [1.29, 1.82) is 0 Å². The summed E-state index contributed by atoms with van der Waals surface area (Å²) < 4.78 is 51.3. The van der Waals surface area contributed by atoms with Crippen molar-refractivity contribution in [1.82, 2.24) is 5.32 Å². The molecule has 0 spiro atoms. The highest BCUT2D eigenvalue weighted by atomic mass is 16.8. The first kappa shape index (κ1) is 45.7. The molecule has 56 heavy (non-hydrogen) atoms. The van der Waals surface area contributed by atoms with Gasteiger partial charge in [-0.1, -0.05) is 0 Å². The highest BCUT2D eigenvalue weighted by Gasteiger charge is 2.56. The predicted octanol–water partition coefficient (Wildman–Crippen LogP) is -8.70. The van der Waals surface area contributed by atoms with Crippen molar-refractivity contribution in [3.05, 3.63) is 0 Å². The van der Waals surface area contributed by atoms with Gasteiger partial charge < -0.3 is 114 Å². The summed E-state index contributed by atoms with van der Waals surface area (Å²) in [6.07, 6.45) is -40.0. The number of aliphatic hydroxyl groups excluding tert-OH is 13. The van der Waals surface area contributed by atoms with Crippen LogP contribution in [-0.4, -0.2) is 239 Å². The summed E-state index contributed by atoms with van der Waals surface area (Å²) in [5, 5.41) is 140. The summed E-state index contributed by atoms with van der Waals surface area (Å²) in [5.74, 6) is -0.757. The van der Waals surface area contributed by atoms with E-state index in [-0.39, 0.29) is 0 Å². The van der Waals surface area contributed by atoms with Gasteiger partial charge in [0.2, 0.25) is 5.91 Å². The SMILES string of the molecule is CC(=O)NC1[C@H](O[C@H]2C(O[C@H]3OC(CO)[C@@H](O)C(O)C3O)[C@@H](O)C(C)O[C@H]2O)OC(CO)[C@@H](O)[C@@H]1O[C@@H]1OC(C)[C@H](O)C(O[C@@H]2OC(C)[C@H](O)C(O)[C@@H]2O)[C@@H]1O. The fraction of sp³-hybridized carbons (Fsp3) is 0.969. The number of hydrogen-bond acceptors (Lipinski definition) is 23. The van der Waals surface area contributed by atoms with E-state index in [1.54, 1.807) is 0 Å². The second kappa shape index (κ2) is 18.9. The molecule has 14 N–H and O–H groups in total. The molecule has 0 aliphatic carbocycles. The van der Waals surface area contributed by atoms with Crippen LogP contribution >= 0.6 is 0 Å². The number of amides is 1. The number of rotatable bonds is 11. The lowest BCUT2D eigenvalue weighted by Crippen LogP contribution is -2.70. The van der Waals surface area contributed by atoms with Crippen molar-refractivity contribution >= 4 is 5.91 Å². The molecule has 0 aromatic heterocycles. The van der Waals surface area contributed by atoms with Gasteiger partial charge in [-0.05, 0) is 20.8 Å².